The van der Waals surface area contributed by atoms with Gasteiger partial charge in [0.05, 0.1) is 5.39 Å². The molecule has 5 nitrogen and oxygen atoms in total. The lowest BCUT2D eigenvalue weighted by Gasteiger charge is -2.09. The first-order valence-electron chi connectivity index (χ1n) is 5.92. The van der Waals surface area contributed by atoms with Crippen LogP contribution in [0, 0.1) is 0 Å². The molecule has 0 fully saturated rings. The van der Waals surface area contributed by atoms with Gasteiger partial charge in [-0.25, -0.2) is 9.78 Å². The zero-order valence-electron chi connectivity index (χ0n) is 10.6. The van der Waals surface area contributed by atoms with Gasteiger partial charge in [-0.05, 0) is 12.1 Å². The van der Waals surface area contributed by atoms with Crippen molar-refractivity contribution >= 4 is 22.6 Å². The highest BCUT2D eigenvalue weighted by Crippen LogP contribution is 2.30. The number of hydrogen-bond acceptors (Lipinski definition) is 3. The van der Waals surface area contributed by atoms with Crippen molar-refractivity contribution in [3.05, 3.63) is 62.4 Å². The van der Waals surface area contributed by atoms with Gasteiger partial charge >= 0.3 is 5.69 Å². The van der Waals surface area contributed by atoms with E-state index in [-0.39, 0.29) is 0 Å². The third-order valence-corrected chi connectivity index (χ3v) is 3.49. The second-order valence-electron chi connectivity index (χ2n) is 4.36. The van der Waals surface area contributed by atoms with E-state index in [0.717, 1.165) is 5.56 Å². The van der Waals surface area contributed by atoms with Crippen LogP contribution in [0.4, 0.5) is 0 Å². The number of halogens is 1. The first kappa shape index (κ1) is 12.6. The smallest absolute Gasteiger partial charge is 0.281 e. The maximum absolute atomic E-state index is 12.1. The van der Waals surface area contributed by atoms with E-state index in [1.807, 2.05) is 18.2 Å². The first-order chi connectivity index (χ1) is 9.59. The molecule has 0 aliphatic heterocycles. The summed E-state index contributed by atoms with van der Waals surface area (Å²) in [6, 6.07) is 8.93. The number of fused-ring (bicyclic) bond motifs is 1. The summed E-state index contributed by atoms with van der Waals surface area (Å²) in [6.07, 6.45) is 1.56. The molecular formula is C14H10ClN3O2. The summed E-state index contributed by atoms with van der Waals surface area (Å²) in [5, 5.41) is 0.885. The third kappa shape index (κ3) is 1.83. The highest BCUT2D eigenvalue weighted by molar-refractivity contribution is 6.33. The molecule has 0 aliphatic carbocycles. The van der Waals surface area contributed by atoms with Crippen molar-refractivity contribution in [1.29, 1.82) is 0 Å². The molecule has 1 aromatic carbocycles. The van der Waals surface area contributed by atoms with Crippen LogP contribution in [0.3, 0.4) is 0 Å². The molecule has 3 rings (SSSR count). The molecule has 6 heteroatoms. The van der Waals surface area contributed by atoms with Gasteiger partial charge in [-0.3, -0.25) is 14.3 Å². The molecule has 0 saturated carbocycles. The zero-order chi connectivity index (χ0) is 14.3. The van der Waals surface area contributed by atoms with Gasteiger partial charge in [0.15, 0.2) is 0 Å². The lowest BCUT2D eigenvalue weighted by molar-refractivity contribution is 0.829. The summed E-state index contributed by atoms with van der Waals surface area (Å²) in [7, 11) is 1.56. The number of nitrogens with one attached hydrogen (secondary N) is 1. The lowest BCUT2D eigenvalue weighted by Crippen LogP contribution is -2.29. The molecule has 3 aromatic rings. The number of pyridine rings is 1. The van der Waals surface area contributed by atoms with Gasteiger partial charge in [0.1, 0.15) is 5.65 Å². The predicted molar refractivity (Wildman–Crippen MR) is 78.1 cm³/mol. The van der Waals surface area contributed by atoms with Gasteiger partial charge in [0.25, 0.3) is 5.56 Å². The van der Waals surface area contributed by atoms with Gasteiger partial charge in [-0.2, -0.15) is 0 Å². The van der Waals surface area contributed by atoms with Crippen LogP contribution in [0.5, 0.6) is 0 Å². The Hall–Kier alpha value is -2.40. The minimum Gasteiger partial charge on any atom is -0.281 e. The molecule has 0 aliphatic rings. The van der Waals surface area contributed by atoms with E-state index < -0.39 is 11.2 Å². The molecule has 0 atom stereocenters. The van der Waals surface area contributed by atoms with Gasteiger partial charge in [0, 0.05) is 29.4 Å². The van der Waals surface area contributed by atoms with Crippen molar-refractivity contribution < 1.29 is 0 Å². The number of benzene rings is 1. The van der Waals surface area contributed by atoms with Crippen LogP contribution in [0.2, 0.25) is 5.02 Å². The SMILES string of the molecule is Cn1c(=O)[nH]c(=O)c2c(-c3ccccc3Cl)ccnc21. The molecule has 0 unspecified atom stereocenters. The zero-order valence-corrected chi connectivity index (χ0v) is 11.3. The molecule has 0 spiro atoms. The van der Waals surface area contributed by atoms with Crippen LogP contribution in [0.25, 0.3) is 22.2 Å². The number of rotatable bonds is 1. The van der Waals surface area contributed by atoms with Crippen LogP contribution in [-0.4, -0.2) is 14.5 Å². The number of aromatic nitrogens is 3. The Bertz CT molecular complexity index is 928. The Morgan fingerprint density at radius 2 is 1.90 bits per heavy atom. The van der Waals surface area contributed by atoms with Crippen LogP contribution in [-0.2, 0) is 7.05 Å². The number of nitrogens with zero attached hydrogens (tertiary/aromatic N) is 2. The Labute approximate surface area is 118 Å². The second-order valence-corrected chi connectivity index (χ2v) is 4.76. The van der Waals surface area contributed by atoms with Crippen LogP contribution in [0.15, 0.2) is 46.1 Å². The second kappa shape index (κ2) is 4.61. The van der Waals surface area contributed by atoms with E-state index in [1.54, 1.807) is 25.4 Å². The highest BCUT2D eigenvalue weighted by Gasteiger charge is 2.13. The molecule has 0 amide bonds. The van der Waals surface area contributed by atoms with E-state index in [2.05, 4.69) is 9.97 Å². The molecule has 0 saturated heterocycles. The van der Waals surface area contributed by atoms with Crippen molar-refractivity contribution in [3.63, 3.8) is 0 Å². The van der Waals surface area contributed by atoms with Crippen LogP contribution < -0.4 is 11.2 Å². The highest BCUT2D eigenvalue weighted by atomic mass is 35.5. The first-order valence-corrected chi connectivity index (χ1v) is 6.30. The number of H-pyrrole nitrogens is 1. The maximum Gasteiger partial charge on any atom is 0.329 e. The standard InChI is InChI=1S/C14H10ClN3O2/c1-18-12-11(13(19)17-14(18)20)9(6-7-16-12)8-4-2-3-5-10(8)15/h2-7H,1H3,(H,17,19,20). The molecule has 20 heavy (non-hydrogen) atoms. The topological polar surface area (TPSA) is 67.8 Å². The van der Waals surface area contributed by atoms with Gasteiger partial charge in [-0.15, -0.1) is 0 Å². The fraction of sp³-hybridized carbons (Fsp3) is 0.0714. The fourth-order valence-corrected chi connectivity index (χ4v) is 2.41. The summed E-state index contributed by atoms with van der Waals surface area (Å²) in [6.45, 7) is 0. The van der Waals surface area contributed by atoms with Crippen molar-refractivity contribution in [2.75, 3.05) is 0 Å². The lowest BCUT2D eigenvalue weighted by atomic mass is 10.0. The van der Waals surface area contributed by atoms with Crippen LogP contribution >= 0.6 is 11.6 Å². The maximum atomic E-state index is 12.1. The number of hydrogen-bond donors (Lipinski definition) is 1. The largest absolute Gasteiger partial charge is 0.329 e. The quantitative estimate of drug-likeness (QED) is 0.744. The van der Waals surface area contributed by atoms with Crippen molar-refractivity contribution in [2.45, 2.75) is 0 Å². The molecule has 1 N–H and O–H groups in total. The van der Waals surface area contributed by atoms with E-state index >= 15 is 0 Å². The van der Waals surface area contributed by atoms with Crippen molar-refractivity contribution in [3.8, 4) is 11.1 Å². The molecule has 100 valence electrons. The average Bonchev–Trinajstić information content (AvgIpc) is 2.45. The summed E-state index contributed by atoms with van der Waals surface area (Å²) in [5.41, 5.74) is 0.747. The third-order valence-electron chi connectivity index (χ3n) is 3.16. The molecule has 0 radical (unpaired) electrons. The normalized spacial score (nSPS) is 10.9. The Balaban J connectivity index is 2.51. The number of aryl methyl sites for hydroxylation is 1. The van der Waals surface area contributed by atoms with E-state index in [1.165, 1.54) is 4.57 Å². The van der Waals surface area contributed by atoms with Crippen molar-refractivity contribution in [2.24, 2.45) is 7.05 Å². The Kier molecular flexibility index (Phi) is 2.91. The van der Waals surface area contributed by atoms with Gasteiger partial charge in [-0.1, -0.05) is 29.8 Å². The molecule has 0 bridgehead atoms. The van der Waals surface area contributed by atoms with Gasteiger partial charge < -0.3 is 0 Å². The summed E-state index contributed by atoms with van der Waals surface area (Å²) in [5.74, 6) is 0. The van der Waals surface area contributed by atoms with Crippen molar-refractivity contribution in [1.82, 2.24) is 14.5 Å². The Morgan fingerprint density at radius 3 is 2.65 bits per heavy atom. The average molecular weight is 288 g/mol. The summed E-state index contributed by atoms with van der Waals surface area (Å²) in [4.78, 5) is 30.1. The minimum absolute atomic E-state index is 0.330. The summed E-state index contributed by atoms with van der Waals surface area (Å²) < 4.78 is 1.30. The summed E-state index contributed by atoms with van der Waals surface area (Å²) >= 11 is 6.18. The van der Waals surface area contributed by atoms with Crippen LogP contribution in [0.1, 0.15) is 0 Å². The fourth-order valence-electron chi connectivity index (χ4n) is 2.17. The molecule has 2 aromatic heterocycles. The monoisotopic (exact) mass is 287 g/mol. The molecular weight excluding hydrogens is 278 g/mol. The molecule has 2 heterocycles. The van der Waals surface area contributed by atoms with Gasteiger partial charge in [0.2, 0.25) is 0 Å². The Morgan fingerprint density at radius 1 is 1.15 bits per heavy atom. The number of aromatic amines is 1. The van der Waals surface area contributed by atoms with E-state index in [9.17, 15) is 9.59 Å². The minimum atomic E-state index is -0.494. The predicted octanol–water partition coefficient (Wildman–Crippen LogP) is 1.94. The van der Waals surface area contributed by atoms with E-state index in [0.29, 0.717) is 21.6 Å². The van der Waals surface area contributed by atoms with E-state index in [4.69, 9.17) is 11.6 Å².